The van der Waals surface area contributed by atoms with Crippen molar-refractivity contribution >= 4 is 16.3 Å². The maximum atomic E-state index is 11.8. The molecule has 0 aromatic heterocycles. The van der Waals surface area contributed by atoms with Crippen LogP contribution in [0, 0.1) is 0 Å². The summed E-state index contributed by atoms with van der Waals surface area (Å²) in [4.78, 5) is 10.6. The molecular formula is C10H16O6S. The highest BCUT2D eigenvalue weighted by Gasteiger charge is 2.31. The topological polar surface area (TPSA) is 78.9 Å². The smallest absolute Gasteiger partial charge is 0.430 e. The zero-order valence-electron chi connectivity index (χ0n) is 9.46. The zero-order chi connectivity index (χ0) is 12.3. The Morgan fingerprint density at radius 1 is 1.24 bits per heavy atom. The predicted molar refractivity (Wildman–Crippen MR) is 58.0 cm³/mol. The maximum absolute atomic E-state index is 11.8. The first-order chi connectivity index (χ1) is 8.08. The summed E-state index contributed by atoms with van der Waals surface area (Å²) >= 11 is 0. The Morgan fingerprint density at radius 3 is 2.53 bits per heavy atom. The minimum Gasteiger partial charge on any atom is -0.430 e. The van der Waals surface area contributed by atoms with E-state index in [1.165, 1.54) is 0 Å². The van der Waals surface area contributed by atoms with Crippen LogP contribution in [0.1, 0.15) is 32.1 Å². The van der Waals surface area contributed by atoms with Gasteiger partial charge in [0.1, 0.15) is 13.2 Å². The van der Waals surface area contributed by atoms with E-state index in [9.17, 15) is 13.2 Å². The second kappa shape index (κ2) is 5.22. The molecule has 2 fully saturated rings. The summed E-state index contributed by atoms with van der Waals surface area (Å²) in [7, 11) is -3.54. The highest BCUT2D eigenvalue weighted by molar-refractivity contribution is 7.87. The number of carbonyl (C=O) groups is 1. The van der Waals surface area contributed by atoms with Crippen molar-refractivity contribution in [3.05, 3.63) is 0 Å². The fraction of sp³-hybridized carbons (Fsp3) is 0.900. The van der Waals surface area contributed by atoms with Gasteiger partial charge in [-0.2, -0.15) is 8.42 Å². The SMILES string of the molecule is O=C1OCC(COS(=O)(=O)C2CCCCC2)O1. The molecule has 1 aliphatic heterocycles. The van der Waals surface area contributed by atoms with Crippen LogP contribution in [0.25, 0.3) is 0 Å². The van der Waals surface area contributed by atoms with Crippen molar-refractivity contribution in [2.45, 2.75) is 43.5 Å². The van der Waals surface area contributed by atoms with Gasteiger partial charge in [-0.25, -0.2) is 4.79 Å². The average Bonchev–Trinajstić information content (AvgIpc) is 2.74. The van der Waals surface area contributed by atoms with Crippen molar-refractivity contribution in [2.24, 2.45) is 0 Å². The zero-order valence-corrected chi connectivity index (χ0v) is 10.3. The van der Waals surface area contributed by atoms with E-state index in [0.29, 0.717) is 12.8 Å². The Labute approximate surface area is 100 Å². The van der Waals surface area contributed by atoms with Crippen LogP contribution >= 0.6 is 0 Å². The van der Waals surface area contributed by atoms with Gasteiger partial charge in [-0.15, -0.1) is 0 Å². The lowest BCUT2D eigenvalue weighted by Gasteiger charge is -2.21. The summed E-state index contributed by atoms with van der Waals surface area (Å²) in [6.45, 7) is -0.0937. The Kier molecular flexibility index (Phi) is 3.88. The molecule has 98 valence electrons. The molecule has 1 unspecified atom stereocenters. The van der Waals surface area contributed by atoms with Crippen molar-refractivity contribution in [3.8, 4) is 0 Å². The summed E-state index contributed by atoms with van der Waals surface area (Å²) in [6.07, 6.45) is 2.87. The molecule has 0 radical (unpaired) electrons. The Morgan fingerprint density at radius 2 is 1.94 bits per heavy atom. The molecule has 0 aromatic rings. The number of ether oxygens (including phenoxy) is 2. The standard InChI is InChI=1S/C10H16O6S/c11-10-14-6-8(16-10)7-15-17(12,13)9-4-2-1-3-5-9/h8-9H,1-7H2. The summed E-state index contributed by atoms with van der Waals surface area (Å²) < 4.78 is 37.8. The van der Waals surface area contributed by atoms with Gasteiger partial charge in [0.05, 0.1) is 5.25 Å². The quantitative estimate of drug-likeness (QED) is 0.561. The maximum Gasteiger partial charge on any atom is 0.508 e. The van der Waals surface area contributed by atoms with Crippen molar-refractivity contribution in [1.29, 1.82) is 0 Å². The normalized spacial score (nSPS) is 26.6. The lowest BCUT2D eigenvalue weighted by molar-refractivity contribution is 0.0990. The number of hydrogen-bond donors (Lipinski definition) is 0. The molecular weight excluding hydrogens is 248 g/mol. The first-order valence-corrected chi connectivity index (χ1v) is 7.27. The third kappa shape index (κ3) is 3.32. The molecule has 17 heavy (non-hydrogen) atoms. The molecule has 0 amide bonds. The fourth-order valence-corrected chi connectivity index (χ4v) is 3.51. The average molecular weight is 264 g/mol. The van der Waals surface area contributed by atoms with Gasteiger partial charge >= 0.3 is 6.16 Å². The molecule has 1 heterocycles. The Hall–Kier alpha value is -0.820. The molecule has 0 bridgehead atoms. The number of cyclic esters (lactones) is 2. The summed E-state index contributed by atoms with van der Waals surface area (Å²) in [5.41, 5.74) is 0. The first kappa shape index (κ1) is 12.6. The van der Waals surface area contributed by atoms with Crippen LogP contribution in [-0.2, 0) is 23.8 Å². The van der Waals surface area contributed by atoms with Crippen LogP contribution in [0.2, 0.25) is 0 Å². The van der Waals surface area contributed by atoms with Gasteiger partial charge in [0.2, 0.25) is 0 Å². The minimum absolute atomic E-state index is 0.0546. The van der Waals surface area contributed by atoms with Gasteiger partial charge in [0.25, 0.3) is 10.1 Å². The largest absolute Gasteiger partial charge is 0.508 e. The van der Waals surface area contributed by atoms with Crippen molar-refractivity contribution in [1.82, 2.24) is 0 Å². The van der Waals surface area contributed by atoms with E-state index >= 15 is 0 Å². The molecule has 1 aliphatic carbocycles. The molecule has 1 saturated heterocycles. The van der Waals surface area contributed by atoms with E-state index < -0.39 is 27.6 Å². The molecule has 7 heteroatoms. The fourth-order valence-electron chi connectivity index (χ4n) is 2.07. The highest BCUT2D eigenvalue weighted by atomic mass is 32.2. The molecule has 0 N–H and O–H groups in total. The van der Waals surface area contributed by atoms with E-state index in [2.05, 4.69) is 4.74 Å². The molecule has 6 nitrogen and oxygen atoms in total. The number of carbonyl (C=O) groups excluding carboxylic acids is 1. The van der Waals surface area contributed by atoms with Gasteiger partial charge < -0.3 is 9.47 Å². The molecule has 0 spiro atoms. The van der Waals surface area contributed by atoms with Gasteiger partial charge in [-0.1, -0.05) is 19.3 Å². The van der Waals surface area contributed by atoms with E-state index in [1.807, 2.05) is 0 Å². The lowest BCUT2D eigenvalue weighted by Crippen LogP contribution is -2.29. The predicted octanol–water partition coefficient (Wildman–Crippen LogP) is 1.20. The Balaban J connectivity index is 1.82. The molecule has 1 atom stereocenters. The van der Waals surface area contributed by atoms with E-state index in [0.717, 1.165) is 19.3 Å². The molecule has 0 aromatic carbocycles. The van der Waals surface area contributed by atoms with E-state index in [4.69, 9.17) is 8.92 Å². The first-order valence-electron chi connectivity index (χ1n) is 5.79. The number of rotatable bonds is 4. The minimum atomic E-state index is -3.54. The van der Waals surface area contributed by atoms with Crippen LogP contribution in [0.3, 0.4) is 0 Å². The second-order valence-corrected chi connectivity index (χ2v) is 6.23. The van der Waals surface area contributed by atoms with Gasteiger partial charge in [-0.3, -0.25) is 4.18 Å². The summed E-state index contributed by atoms with van der Waals surface area (Å²) in [5, 5.41) is -0.408. The molecule has 2 aliphatic rings. The van der Waals surface area contributed by atoms with Crippen LogP contribution < -0.4 is 0 Å². The summed E-state index contributed by atoms with van der Waals surface area (Å²) in [6, 6.07) is 0. The number of hydrogen-bond acceptors (Lipinski definition) is 6. The second-order valence-electron chi connectivity index (χ2n) is 4.34. The van der Waals surface area contributed by atoms with Crippen molar-refractivity contribution in [3.63, 3.8) is 0 Å². The highest BCUT2D eigenvalue weighted by Crippen LogP contribution is 2.25. The lowest BCUT2D eigenvalue weighted by atomic mass is 10.0. The van der Waals surface area contributed by atoms with Gasteiger partial charge in [0.15, 0.2) is 6.10 Å². The van der Waals surface area contributed by atoms with E-state index in [1.54, 1.807) is 0 Å². The third-order valence-corrected chi connectivity index (χ3v) is 4.78. The van der Waals surface area contributed by atoms with Crippen LogP contribution in [-0.4, -0.2) is 39.1 Å². The Bertz CT molecular complexity index is 370. The third-order valence-electron chi connectivity index (χ3n) is 3.03. The molecule has 2 rings (SSSR count). The van der Waals surface area contributed by atoms with Crippen LogP contribution in [0.5, 0.6) is 0 Å². The van der Waals surface area contributed by atoms with Crippen LogP contribution in [0.15, 0.2) is 0 Å². The van der Waals surface area contributed by atoms with Gasteiger partial charge in [-0.05, 0) is 12.8 Å². The molecule has 1 saturated carbocycles. The van der Waals surface area contributed by atoms with Gasteiger partial charge in [0, 0.05) is 0 Å². The van der Waals surface area contributed by atoms with Crippen molar-refractivity contribution < 1.29 is 26.9 Å². The monoisotopic (exact) mass is 264 g/mol. The van der Waals surface area contributed by atoms with E-state index in [-0.39, 0.29) is 13.2 Å². The summed E-state index contributed by atoms with van der Waals surface area (Å²) in [5.74, 6) is 0. The van der Waals surface area contributed by atoms with Crippen LogP contribution in [0.4, 0.5) is 4.79 Å². The van der Waals surface area contributed by atoms with Crippen molar-refractivity contribution in [2.75, 3.05) is 13.2 Å².